The lowest BCUT2D eigenvalue weighted by molar-refractivity contribution is 0.174. The molecule has 0 bridgehead atoms. The summed E-state index contributed by atoms with van der Waals surface area (Å²) in [5.74, 6) is 1.87. The van der Waals surface area contributed by atoms with Crippen LogP contribution in [-0.2, 0) is 0 Å². The van der Waals surface area contributed by atoms with Crippen molar-refractivity contribution in [3.63, 3.8) is 0 Å². The van der Waals surface area contributed by atoms with Crippen LogP contribution >= 0.6 is 0 Å². The molecule has 3 aliphatic rings. The van der Waals surface area contributed by atoms with Gasteiger partial charge in [-0.05, 0) is 30.3 Å². The molecule has 94 valence electrons. The second-order valence-corrected chi connectivity index (χ2v) is 4.25. The Morgan fingerprint density at radius 1 is 1.11 bits per heavy atom. The Kier molecular flexibility index (Phi) is 1.97. The van der Waals surface area contributed by atoms with Gasteiger partial charge in [0.15, 0.2) is 17.3 Å². The van der Waals surface area contributed by atoms with Gasteiger partial charge in [0.1, 0.15) is 0 Å². The molecule has 3 aliphatic heterocycles. The van der Waals surface area contributed by atoms with Crippen molar-refractivity contribution in [3.05, 3.63) is 46.9 Å². The minimum Gasteiger partial charge on any atom is -0.454 e. The first-order valence-electron chi connectivity index (χ1n) is 5.83. The van der Waals surface area contributed by atoms with Crippen LogP contribution in [0.4, 0.5) is 0 Å². The van der Waals surface area contributed by atoms with E-state index < -0.39 is 0 Å². The second-order valence-electron chi connectivity index (χ2n) is 4.25. The number of H-pyrrole nitrogens is 1. The number of ether oxygens (including phenoxy) is 2. The minimum atomic E-state index is -0.348. The van der Waals surface area contributed by atoms with Crippen LogP contribution in [0.15, 0.2) is 45.7 Å². The summed E-state index contributed by atoms with van der Waals surface area (Å²) in [4.78, 5) is 14.8. The molecular weight excluding hydrogens is 246 g/mol. The van der Waals surface area contributed by atoms with E-state index in [0.29, 0.717) is 28.5 Å². The predicted molar refractivity (Wildman–Crippen MR) is 67.5 cm³/mol. The zero-order valence-corrected chi connectivity index (χ0v) is 9.80. The molecule has 5 heteroatoms. The first-order chi connectivity index (χ1) is 9.33. The fourth-order valence-corrected chi connectivity index (χ4v) is 2.23. The van der Waals surface area contributed by atoms with E-state index in [4.69, 9.17) is 13.9 Å². The highest BCUT2D eigenvalue weighted by Gasteiger charge is 2.21. The first-order valence-corrected chi connectivity index (χ1v) is 5.83. The van der Waals surface area contributed by atoms with E-state index in [2.05, 4.69) is 4.98 Å². The van der Waals surface area contributed by atoms with Crippen molar-refractivity contribution in [1.82, 2.24) is 4.98 Å². The van der Waals surface area contributed by atoms with Crippen LogP contribution in [0.2, 0.25) is 0 Å². The normalized spacial score (nSPS) is 13.1. The van der Waals surface area contributed by atoms with Gasteiger partial charge in [0.05, 0.1) is 11.3 Å². The molecule has 0 aliphatic carbocycles. The Bertz CT molecular complexity index is 786. The molecule has 0 saturated heterocycles. The molecule has 0 radical (unpaired) electrons. The molecule has 1 aromatic rings. The van der Waals surface area contributed by atoms with Gasteiger partial charge in [0.25, 0.3) is 0 Å². The van der Waals surface area contributed by atoms with Gasteiger partial charge in [-0.25, -0.2) is 4.79 Å². The van der Waals surface area contributed by atoms with Crippen LogP contribution in [0.5, 0.6) is 11.5 Å². The largest absolute Gasteiger partial charge is 0.454 e. The summed E-state index contributed by atoms with van der Waals surface area (Å²) in [6.45, 7) is 0.219. The fourth-order valence-electron chi connectivity index (χ4n) is 2.23. The SMILES string of the molecule is O=c1oc(-c2ccc3c(c2)OCO3)c2[nH]cccc1-2. The summed E-state index contributed by atoms with van der Waals surface area (Å²) >= 11 is 0. The summed E-state index contributed by atoms with van der Waals surface area (Å²) in [6, 6.07) is 8.95. The average Bonchev–Trinajstić information content (AvgIpc) is 3.03. The highest BCUT2D eigenvalue weighted by molar-refractivity contribution is 5.78. The molecule has 0 saturated carbocycles. The Hall–Kier alpha value is -2.69. The Morgan fingerprint density at radius 3 is 2.95 bits per heavy atom. The van der Waals surface area contributed by atoms with Crippen LogP contribution in [0.25, 0.3) is 22.6 Å². The topological polar surface area (TPSA) is 64.5 Å². The van der Waals surface area contributed by atoms with Crippen LogP contribution in [-0.4, -0.2) is 11.8 Å². The van der Waals surface area contributed by atoms with Gasteiger partial charge in [0, 0.05) is 11.8 Å². The van der Waals surface area contributed by atoms with Crippen molar-refractivity contribution in [3.8, 4) is 34.1 Å². The Morgan fingerprint density at radius 2 is 2.00 bits per heavy atom. The number of fused-ring (bicyclic) bond motifs is 2. The third kappa shape index (κ3) is 1.45. The summed E-state index contributed by atoms with van der Waals surface area (Å²) in [5.41, 5.74) is 1.65. The molecule has 1 aromatic carbocycles. The molecule has 0 unspecified atom stereocenters. The number of hydrogen-bond acceptors (Lipinski definition) is 4. The third-order valence-electron chi connectivity index (χ3n) is 3.13. The average molecular weight is 255 g/mol. The van der Waals surface area contributed by atoms with E-state index >= 15 is 0 Å². The van der Waals surface area contributed by atoms with Crippen molar-refractivity contribution in [2.24, 2.45) is 0 Å². The smallest absolute Gasteiger partial charge is 0.345 e. The van der Waals surface area contributed by atoms with Gasteiger partial charge in [-0.1, -0.05) is 0 Å². The van der Waals surface area contributed by atoms with Crippen molar-refractivity contribution in [2.75, 3.05) is 6.79 Å². The molecule has 0 fully saturated rings. The van der Waals surface area contributed by atoms with Gasteiger partial charge < -0.3 is 18.9 Å². The summed E-state index contributed by atoms with van der Waals surface area (Å²) in [7, 11) is 0. The standard InChI is InChI=1S/C14H9NO4/c16-14-9-2-1-5-15-12(9)13(19-14)8-3-4-10-11(6-8)18-7-17-10/h1-6,15H,7H2. The molecular formula is C14H9NO4. The highest BCUT2D eigenvalue weighted by Crippen LogP contribution is 2.38. The molecule has 3 heterocycles. The first kappa shape index (κ1) is 10.3. The number of nitrogens with one attached hydrogen (secondary N) is 1. The lowest BCUT2D eigenvalue weighted by Gasteiger charge is -2.02. The fraction of sp³-hybridized carbons (Fsp3) is 0.0714. The zero-order valence-electron chi connectivity index (χ0n) is 9.80. The molecule has 19 heavy (non-hydrogen) atoms. The van der Waals surface area contributed by atoms with E-state index in [1.165, 1.54) is 0 Å². The number of furan rings is 1. The maximum absolute atomic E-state index is 11.8. The minimum absolute atomic E-state index is 0.219. The monoisotopic (exact) mass is 255 g/mol. The molecule has 0 spiro atoms. The number of benzene rings is 1. The maximum atomic E-state index is 11.8. The van der Waals surface area contributed by atoms with E-state index in [9.17, 15) is 4.79 Å². The van der Waals surface area contributed by atoms with E-state index in [1.54, 1.807) is 30.5 Å². The Labute approximate surface area is 107 Å². The second kappa shape index (κ2) is 3.65. The number of pyridine rings is 1. The number of rotatable bonds is 1. The Balaban J connectivity index is 1.94. The summed E-state index contributed by atoms with van der Waals surface area (Å²) in [5, 5.41) is 0. The maximum Gasteiger partial charge on any atom is 0.345 e. The summed E-state index contributed by atoms with van der Waals surface area (Å²) in [6.07, 6.45) is 1.76. The molecule has 1 N–H and O–H groups in total. The highest BCUT2D eigenvalue weighted by atomic mass is 16.7. The number of hydrogen-bond donors (Lipinski definition) is 1. The summed E-state index contributed by atoms with van der Waals surface area (Å²) < 4.78 is 15.9. The number of aromatic amines is 1. The van der Waals surface area contributed by atoms with Crippen LogP contribution < -0.4 is 15.1 Å². The molecule has 5 nitrogen and oxygen atoms in total. The third-order valence-corrected chi connectivity index (χ3v) is 3.13. The molecule has 0 amide bonds. The zero-order chi connectivity index (χ0) is 12.8. The quantitative estimate of drug-likeness (QED) is 0.725. The van der Waals surface area contributed by atoms with Gasteiger partial charge in [-0.3, -0.25) is 0 Å². The van der Waals surface area contributed by atoms with Gasteiger partial charge in [0.2, 0.25) is 6.79 Å². The van der Waals surface area contributed by atoms with Gasteiger partial charge in [-0.15, -0.1) is 0 Å². The number of aromatic nitrogens is 1. The van der Waals surface area contributed by atoms with E-state index in [1.807, 2.05) is 6.07 Å². The lowest BCUT2D eigenvalue weighted by atomic mass is 10.1. The van der Waals surface area contributed by atoms with Crippen LogP contribution in [0, 0.1) is 0 Å². The van der Waals surface area contributed by atoms with E-state index in [-0.39, 0.29) is 12.4 Å². The van der Waals surface area contributed by atoms with Crippen LogP contribution in [0.1, 0.15) is 0 Å². The van der Waals surface area contributed by atoms with E-state index in [0.717, 1.165) is 5.56 Å². The van der Waals surface area contributed by atoms with Crippen molar-refractivity contribution >= 4 is 0 Å². The predicted octanol–water partition coefficient (Wildman–Crippen LogP) is 2.47. The molecule has 0 atom stereocenters. The van der Waals surface area contributed by atoms with Crippen LogP contribution in [0.3, 0.4) is 0 Å². The lowest BCUT2D eigenvalue weighted by Crippen LogP contribution is -1.94. The van der Waals surface area contributed by atoms with Gasteiger partial charge >= 0.3 is 5.63 Å². The van der Waals surface area contributed by atoms with Gasteiger partial charge in [-0.2, -0.15) is 0 Å². The van der Waals surface area contributed by atoms with Crippen molar-refractivity contribution < 1.29 is 13.9 Å². The molecule has 4 rings (SSSR count). The molecule has 0 aromatic heterocycles. The van der Waals surface area contributed by atoms with Crippen molar-refractivity contribution in [1.29, 1.82) is 0 Å². The van der Waals surface area contributed by atoms with Crippen molar-refractivity contribution in [2.45, 2.75) is 0 Å².